The quantitative estimate of drug-likeness (QED) is 0.157. The van der Waals surface area contributed by atoms with E-state index < -0.39 is 17.8 Å². The molecular formula is C26H21ClN4O5S. The average Bonchev–Trinajstić information content (AvgIpc) is 3.26. The van der Waals surface area contributed by atoms with Crippen LogP contribution in [0.25, 0.3) is 0 Å². The van der Waals surface area contributed by atoms with Crippen LogP contribution in [-0.2, 0) is 22.4 Å². The highest BCUT2D eigenvalue weighted by atomic mass is 35.5. The second-order valence-corrected chi connectivity index (χ2v) is 9.53. The molecule has 188 valence electrons. The van der Waals surface area contributed by atoms with E-state index in [1.54, 1.807) is 36.4 Å². The van der Waals surface area contributed by atoms with Gasteiger partial charge in [-0.25, -0.2) is 10.2 Å². The highest BCUT2D eigenvalue weighted by molar-refractivity contribution is 7.16. The molecule has 37 heavy (non-hydrogen) atoms. The highest BCUT2D eigenvalue weighted by Gasteiger charge is 2.23. The van der Waals surface area contributed by atoms with Gasteiger partial charge in [-0.15, -0.1) is 11.3 Å². The van der Waals surface area contributed by atoms with Crippen molar-refractivity contribution in [3.05, 3.63) is 74.6 Å². The van der Waals surface area contributed by atoms with Gasteiger partial charge in [0.25, 0.3) is 0 Å². The molecule has 0 bridgehead atoms. The van der Waals surface area contributed by atoms with E-state index in [1.807, 2.05) is 0 Å². The Bertz CT molecular complexity index is 1430. The van der Waals surface area contributed by atoms with E-state index in [2.05, 4.69) is 21.9 Å². The summed E-state index contributed by atoms with van der Waals surface area (Å²) in [6.07, 6.45) is 5.01. The SMILES string of the molecule is COc1cc(C=NNC(=O)C(=O)Nc2sc3c(c2C#N)CCCC3)ccc1OC(=O)c1ccc(Cl)cc1. The summed E-state index contributed by atoms with van der Waals surface area (Å²) in [7, 11) is 1.42. The number of carbonyl (C=O) groups excluding carboxylic acids is 3. The number of hydrazone groups is 1. The average molecular weight is 537 g/mol. The number of methoxy groups -OCH3 is 1. The molecule has 0 radical (unpaired) electrons. The Hall–Kier alpha value is -4.20. The number of carbonyl (C=O) groups is 3. The lowest BCUT2D eigenvalue weighted by atomic mass is 9.96. The van der Waals surface area contributed by atoms with Gasteiger partial charge in [0.15, 0.2) is 11.5 Å². The summed E-state index contributed by atoms with van der Waals surface area (Å²) in [5.41, 5.74) is 4.39. The van der Waals surface area contributed by atoms with Gasteiger partial charge in [0, 0.05) is 9.90 Å². The molecule has 1 aliphatic carbocycles. The van der Waals surface area contributed by atoms with Crippen molar-refractivity contribution in [2.75, 3.05) is 12.4 Å². The number of ether oxygens (including phenoxy) is 2. The zero-order valence-electron chi connectivity index (χ0n) is 19.7. The van der Waals surface area contributed by atoms with Gasteiger partial charge in [0.05, 0.1) is 24.5 Å². The molecule has 0 unspecified atom stereocenters. The lowest BCUT2D eigenvalue weighted by Gasteiger charge is -2.10. The van der Waals surface area contributed by atoms with E-state index in [1.165, 1.54) is 30.7 Å². The Kier molecular flexibility index (Phi) is 8.18. The van der Waals surface area contributed by atoms with Crippen LogP contribution in [0.15, 0.2) is 47.6 Å². The van der Waals surface area contributed by atoms with Gasteiger partial charge in [0.2, 0.25) is 0 Å². The van der Waals surface area contributed by atoms with Crippen LogP contribution in [0.5, 0.6) is 11.5 Å². The molecule has 2 N–H and O–H groups in total. The molecule has 0 fully saturated rings. The monoisotopic (exact) mass is 536 g/mol. The molecule has 0 aliphatic heterocycles. The predicted octanol–water partition coefficient (Wildman–Crippen LogP) is 4.47. The molecule has 2 aromatic carbocycles. The lowest BCUT2D eigenvalue weighted by molar-refractivity contribution is -0.136. The number of benzene rings is 2. The molecule has 3 aromatic rings. The van der Waals surface area contributed by atoms with E-state index in [0.29, 0.717) is 26.7 Å². The van der Waals surface area contributed by atoms with Crippen LogP contribution in [-0.4, -0.2) is 31.1 Å². The maximum atomic E-state index is 12.4. The molecule has 11 heteroatoms. The molecule has 0 atom stereocenters. The van der Waals surface area contributed by atoms with Crippen molar-refractivity contribution in [2.24, 2.45) is 5.10 Å². The summed E-state index contributed by atoms with van der Waals surface area (Å²) in [5.74, 6) is -2.03. The zero-order chi connectivity index (χ0) is 26.4. The number of fused-ring (bicyclic) bond motifs is 1. The van der Waals surface area contributed by atoms with Crippen molar-refractivity contribution in [3.8, 4) is 17.6 Å². The minimum absolute atomic E-state index is 0.190. The Morgan fingerprint density at radius 2 is 1.84 bits per heavy atom. The largest absolute Gasteiger partial charge is 0.493 e. The first kappa shape index (κ1) is 25.9. The number of anilines is 1. The molecule has 0 saturated carbocycles. The highest BCUT2D eigenvalue weighted by Crippen LogP contribution is 2.37. The number of esters is 1. The topological polar surface area (TPSA) is 130 Å². The number of thiophene rings is 1. The fourth-order valence-electron chi connectivity index (χ4n) is 3.74. The van der Waals surface area contributed by atoms with Crippen LogP contribution in [0.1, 0.15) is 44.8 Å². The van der Waals surface area contributed by atoms with Gasteiger partial charge in [-0.3, -0.25) is 9.59 Å². The summed E-state index contributed by atoms with van der Waals surface area (Å²) >= 11 is 7.18. The zero-order valence-corrected chi connectivity index (χ0v) is 21.2. The van der Waals surface area contributed by atoms with Crippen LogP contribution >= 0.6 is 22.9 Å². The van der Waals surface area contributed by atoms with Crippen molar-refractivity contribution >= 4 is 51.9 Å². The van der Waals surface area contributed by atoms with Gasteiger partial charge >= 0.3 is 17.8 Å². The van der Waals surface area contributed by atoms with Gasteiger partial charge in [-0.2, -0.15) is 10.4 Å². The van der Waals surface area contributed by atoms with Crippen molar-refractivity contribution in [1.29, 1.82) is 5.26 Å². The number of hydrogen-bond acceptors (Lipinski definition) is 8. The molecule has 1 aliphatic rings. The number of amides is 2. The Balaban J connectivity index is 1.37. The maximum absolute atomic E-state index is 12.4. The lowest BCUT2D eigenvalue weighted by Crippen LogP contribution is -2.32. The minimum atomic E-state index is -0.980. The van der Waals surface area contributed by atoms with Gasteiger partial charge < -0.3 is 14.8 Å². The molecule has 1 heterocycles. The molecule has 4 rings (SSSR count). The number of hydrogen-bond donors (Lipinski definition) is 2. The maximum Gasteiger partial charge on any atom is 0.343 e. The van der Waals surface area contributed by atoms with Crippen LogP contribution < -0.4 is 20.2 Å². The molecule has 2 amide bonds. The number of nitriles is 1. The molecule has 0 spiro atoms. The van der Waals surface area contributed by atoms with Crippen LogP contribution in [0, 0.1) is 11.3 Å². The van der Waals surface area contributed by atoms with Crippen molar-refractivity contribution in [1.82, 2.24) is 5.43 Å². The molecular weight excluding hydrogens is 516 g/mol. The molecule has 0 saturated heterocycles. The smallest absolute Gasteiger partial charge is 0.343 e. The predicted molar refractivity (Wildman–Crippen MR) is 139 cm³/mol. The van der Waals surface area contributed by atoms with E-state index in [0.717, 1.165) is 36.1 Å². The normalized spacial score (nSPS) is 12.4. The Morgan fingerprint density at radius 1 is 1.08 bits per heavy atom. The van der Waals surface area contributed by atoms with Crippen LogP contribution in [0.3, 0.4) is 0 Å². The summed E-state index contributed by atoms with van der Waals surface area (Å²) in [6.45, 7) is 0. The first-order valence-corrected chi connectivity index (χ1v) is 12.4. The van der Waals surface area contributed by atoms with Crippen molar-refractivity contribution < 1.29 is 23.9 Å². The van der Waals surface area contributed by atoms with Gasteiger partial charge in [-0.05, 0) is 79.3 Å². The number of aryl methyl sites for hydroxylation is 1. The van der Waals surface area contributed by atoms with E-state index in [4.69, 9.17) is 21.1 Å². The number of nitrogens with zero attached hydrogens (tertiary/aromatic N) is 2. The van der Waals surface area contributed by atoms with Crippen LogP contribution in [0.2, 0.25) is 5.02 Å². The first-order valence-electron chi connectivity index (χ1n) is 11.2. The van der Waals surface area contributed by atoms with E-state index in [-0.39, 0.29) is 11.5 Å². The molecule has 9 nitrogen and oxygen atoms in total. The third kappa shape index (κ3) is 6.14. The van der Waals surface area contributed by atoms with Crippen molar-refractivity contribution in [3.63, 3.8) is 0 Å². The van der Waals surface area contributed by atoms with Crippen LogP contribution in [0.4, 0.5) is 5.00 Å². The first-order chi connectivity index (χ1) is 17.9. The Morgan fingerprint density at radius 3 is 2.57 bits per heavy atom. The summed E-state index contributed by atoms with van der Waals surface area (Å²) in [5, 5.41) is 16.7. The van der Waals surface area contributed by atoms with E-state index >= 15 is 0 Å². The summed E-state index contributed by atoms with van der Waals surface area (Å²) < 4.78 is 10.7. The summed E-state index contributed by atoms with van der Waals surface area (Å²) in [6, 6.07) is 13.1. The third-order valence-electron chi connectivity index (χ3n) is 5.57. The number of nitrogens with one attached hydrogen (secondary N) is 2. The second-order valence-electron chi connectivity index (χ2n) is 7.99. The standard InChI is InChI=1S/C26H21ClN4O5S/c1-35-21-12-15(6-11-20(21)36-26(34)16-7-9-17(27)10-8-16)14-29-31-24(33)23(32)30-25-19(13-28)18-4-2-3-5-22(18)37-25/h6-12,14H,2-5H2,1H3,(H,30,32)(H,31,33). The number of halogens is 1. The summed E-state index contributed by atoms with van der Waals surface area (Å²) in [4.78, 5) is 38.0. The van der Waals surface area contributed by atoms with E-state index in [9.17, 15) is 19.6 Å². The minimum Gasteiger partial charge on any atom is -0.493 e. The number of rotatable bonds is 6. The van der Waals surface area contributed by atoms with Crippen molar-refractivity contribution in [2.45, 2.75) is 25.7 Å². The van der Waals surface area contributed by atoms with Gasteiger partial charge in [-0.1, -0.05) is 11.6 Å². The fourth-order valence-corrected chi connectivity index (χ4v) is 5.10. The molecule has 1 aromatic heterocycles. The Labute approximate surface area is 221 Å². The fraction of sp³-hybridized carbons (Fsp3) is 0.192. The third-order valence-corrected chi connectivity index (χ3v) is 7.03. The van der Waals surface area contributed by atoms with Gasteiger partial charge in [0.1, 0.15) is 11.1 Å². The second kappa shape index (κ2) is 11.7.